The van der Waals surface area contributed by atoms with E-state index in [1.54, 1.807) is 24.5 Å². The van der Waals surface area contributed by atoms with Gasteiger partial charge in [-0.15, -0.1) is 0 Å². The van der Waals surface area contributed by atoms with Crippen molar-refractivity contribution in [3.8, 4) is 0 Å². The minimum atomic E-state index is -0.984. The molecule has 5 amide bonds. The zero-order valence-electron chi connectivity index (χ0n) is 33.1. The Morgan fingerprint density at radius 1 is 0.847 bits per heavy atom. The van der Waals surface area contributed by atoms with Gasteiger partial charge in [0.1, 0.15) is 6.04 Å². The lowest BCUT2D eigenvalue weighted by Crippen LogP contribution is -2.54. The molecule has 0 saturated carbocycles. The third kappa shape index (κ3) is 7.26. The van der Waals surface area contributed by atoms with E-state index in [2.05, 4.69) is 46.7 Å². The van der Waals surface area contributed by atoms with Crippen LogP contribution in [0.15, 0.2) is 48.8 Å². The predicted molar refractivity (Wildman–Crippen MR) is 221 cm³/mol. The number of hydrogen-bond acceptors (Lipinski definition) is 11. The first kappa shape index (κ1) is 38.9. The van der Waals surface area contributed by atoms with Crippen molar-refractivity contribution in [3.05, 3.63) is 81.9 Å². The second-order valence-corrected chi connectivity index (χ2v) is 17.3. The van der Waals surface area contributed by atoms with Crippen molar-refractivity contribution in [1.82, 2.24) is 30.0 Å². The number of halogens is 1. The molecule has 7 heterocycles. The fraction of sp³-hybridized carbons (Fsp3) is 0.488. The third-order valence-corrected chi connectivity index (χ3v) is 13.8. The quantitative estimate of drug-likeness (QED) is 0.279. The standard InChI is InChI=1S/C43H47ClN10O5/c1-27-23-43(26-53(27)31-4-6-35(45-2)34(44)22-31)11-15-52(16-12-43)42-46-24-28(25-47-42)39(57)51-19-17-50(18-20-51)29-9-13-49(14-10-29)30-3-5-32-33(21-30)41(59)54(40(32)58)36-7-8-37(55)48-38(36)56/h3-6,21-22,24-25,27,29,36H,7-20,23,26H2,1H3,(H,48,55,56)/t27-,36?/m0/s1. The minimum Gasteiger partial charge on any atom is -0.371 e. The maximum absolute atomic E-state index is 13.5. The van der Waals surface area contributed by atoms with Crippen molar-refractivity contribution in [2.24, 2.45) is 5.41 Å². The normalized spacial score (nSPS) is 23.8. The average molecular weight is 819 g/mol. The Labute approximate surface area is 348 Å². The molecule has 3 aromatic rings. The zero-order chi connectivity index (χ0) is 41.0. The number of fused-ring (bicyclic) bond motifs is 1. The highest BCUT2D eigenvalue weighted by Crippen LogP contribution is 2.46. The number of imide groups is 2. The van der Waals surface area contributed by atoms with E-state index in [4.69, 9.17) is 18.2 Å². The Kier molecular flexibility index (Phi) is 10.2. The number of nitrogens with one attached hydrogen (secondary N) is 1. The summed E-state index contributed by atoms with van der Waals surface area (Å²) in [6.07, 6.45) is 8.56. The first-order valence-electron chi connectivity index (χ1n) is 20.7. The molecule has 1 spiro atoms. The topological polar surface area (TPSA) is 147 Å². The number of carbonyl (C=O) groups excluding carboxylic acids is 5. The number of anilines is 3. The lowest BCUT2D eigenvalue weighted by molar-refractivity contribution is -0.136. The summed E-state index contributed by atoms with van der Waals surface area (Å²) in [5.74, 6) is -1.40. The van der Waals surface area contributed by atoms with E-state index in [1.807, 2.05) is 29.2 Å². The summed E-state index contributed by atoms with van der Waals surface area (Å²) in [5.41, 5.74) is 3.69. The molecular formula is C43H47ClN10O5. The predicted octanol–water partition coefficient (Wildman–Crippen LogP) is 4.39. The van der Waals surface area contributed by atoms with Crippen LogP contribution >= 0.6 is 11.6 Å². The lowest BCUT2D eigenvalue weighted by atomic mass is 9.77. The van der Waals surface area contributed by atoms with Gasteiger partial charge in [-0.25, -0.2) is 14.8 Å². The monoisotopic (exact) mass is 818 g/mol. The van der Waals surface area contributed by atoms with Crippen molar-refractivity contribution in [1.29, 1.82) is 0 Å². The van der Waals surface area contributed by atoms with E-state index >= 15 is 0 Å². The van der Waals surface area contributed by atoms with Gasteiger partial charge in [0, 0.05) is 106 Å². The lowest BCUT2D eigenvalue weighted by Gasteiger charge is -2.43. The van der Waals surface area contributed by atoms with Gasteiger partial charge < -0.3 is 19.6 Å². The van der Waals surface area contributed by atoms with E-state index in [0.717, 1.165) is 94.2 Å². The molecule has 9 rings (SSSR count). The van der Waals surface area contributed by atoms with Crippen molar-refractivity contribution < 1.29 is 24.0 Å². The van der Waals surface area contributed by atoms with Crippen molar-refractivity contribution >= 4 is 64.1 Å². The maximum Gasteiger partial charge on any atom is 0.262 e. The fourth-order valence-electron chi connectivity index (χ4n) is 10.2. The van der Waals surface area contributed by atoms with E-state index in [9.17, 15) is 24.0 Å². The zero-order valence-corrected chi connectivity index (χ0v) is 33.9. The first-order valence-corrected chi connectivity index (χ1v) is 21.0. The largest absolute Gasteiger partial charge is 0.371 e. The highest BCUT2D eigenvalue weighted by Gasteiger charge is 2.46. The van der Waals surface area contributed by atoms with Gasteiger partial charge in [0.05, 0.1) is 23.3 Å². The SMILES string of the molecule is [C-]#[N+]c1ccc(N2CC3(CCN(c4ncc(C(=O)N5CCN(C6CCN(c7ccc8c(c7)C(=O)N(C7CCC(=O)NC7=O)C8=O)CC6)CC5)cn4)CC3)C[C@@H]2C)cc1Cl. The molecule has 2 atom stereocenters. The number of piperazine rings is 1. The molecule has 59 heavy (non-hydrogen) atoms. The summed E-state index contributed by atoms with van der Waals surface area (Å²) >= 11 is 6.38. The van der Waals surface area contributed by atoms with Crippen LogP contribution in [0.2, 0.25) is 5.02 Å². The molecule has 0 bridgehead atoms. The molecule has 6 aliphatic rings. The number of hydrogen-bond donors (Lipinski definition) is 1. The van der Waals surface area contributed by atoms with Crippen LogP contribution in [0.4, 0.5) is 23.0 Å². The molecule has 5 saturated heterocycles. The highest BCUT2D eigenvalue weighted by atomic mass is 35.5. The molecule has 1 N–H and O–H groups in total. The molecule has 0 radical (unpaired) electrons. The van der Waals surface area contributed by atoms with E-state index < -0.39 is 29.7 Å². The van der Waals surface area contributed by atoms with Crippen LogP contribution in [-0.4, -0.2) is 131 Å². The van der Waals surface area contributed by atoms with Crippen LogP contribution in [0, 0.1) is 12.0 Å². The van der Waals surface area contributed by atoms with Gasteiger partial charge in [0.25, 0.3) is 17.7 Å². The van der Waals surface area contributed by atoms with Crippen molar-refractivity contribution in [3.63, 3.8) is 0 Å². The van der Waals surface area contributed by atoms with Crippen LogP contribution < -0.4 is 20.0 Å². The van der Waals surface area contributed by atoms with E-state index in [1.165, 1.54) is 0 Å². The van der Waals surface area contributed by atoms with Crippen LogP contribution in [0.5, 0.6) is 0 Å². The second kappa shape index (κ2) is 15.5. The molecule has 2 aromatic carbocycles. The molecule has 306 valence electrons. The number of piperidine rings is 3. The summed E-state index contributed by atoms with van der Waals surface area (Å²) in [7, 11) is 0. The summed E-state index contributed by atoms with van der Waals surface area (Å²) in [5, 5.41) is 2.74. The Balaban J connectivity index is 0.736. The number of carbonyl (C=O) groups is 5. The maximum atomic E-state index is 13.5. The highest BCUT2D eigenvalue weighted by molar-refractivity contribution is 6.33. The summed E-state index contributed by atoms with van der Waals surface area (Å²) in [6.45, 7) is 16.6. The van der Waals surface area contributed by atoms with Crippen molar-refractivity contribution in [2.75, 3.05) is 73.6 Å². The molecule has 6 aliphatic heterocycles. The number of benzene rings is 2. The molecule has 1 unspecified atom stereocenters. The average Bonchev–Trinajstić information content (AvgIpc) is 3.71. The second-order valence-electron chi connectivity index (χ2n) is 16.9. The molecule has 16 heteroatoms. The number of rotatable bonds is 6. The van der Waals surface area contributed by atoms with Gasteiger partial charge in [-0.3, -0.25) is 39.1 Å². The summed E-state index contributed by atoms with van der Waals surface area (Å²) < 4.78 is 0. The molecule has 0 aliphatic carbocycles. The Morgan fingerprint density at radius 3 is 2.22 bits per heavy atom. The van der Waals surface area contributed by atoms with Crippen molar-refractivity contribution in [2.45, 2.75) is 70.0 Å². The van der Waals surface area contributed by atoms with Gasteiger partial charge in [0.2, 0.25) is 23.5 Å². The van der Waals surface area contributed by atoms with Gasteiger partial charge in [-0.05, 0) is 81.2 Å². The Morgan fingerprint density at radius 2 is 1.54 bits per heavy atom. The molecular weight excluding hydrogens is 772 g/mol. The fourth-order valence-corrected chi connectivity index (χ4v) is 10.4. The third-order valence-electron chi connectivity index (χ3n) is 13.5. The van der Waals surface area contributed by atoms with Crippen LogP contribution in [0.3, 0.4) is 0 Å². The number of amides is 5. The molecule has 15 nitrogen and oxygen atoms in total. The molecule has 5 fully saturated rings. The summed E-state index contributed by atoms with van der Waals surface area (Å²) in [4.78, 5) is 89.2. The summed E-state index contributed by atoms with van der Waals surface area (Å²) in [6, 6.07) is 10.8. The molecule has 1 aromatic heterocycles. The van der Waals surface area contributed by atoms with Gasteiger partial charge in [0.15, 0.2) is 0 Å². The van der Waals surface area contributed by atoms with Crippen LogP contribution in [-0.2, 0) is 9.59 Å². The Hall–Kier alpha value is -5.59. The first-order chi connectivity index (χ1) is 28.5. The van der Waals surface area contributed by atoms with Crippen LogP contribution in [0.25, 0.3) is 4.85 Å². The van der Waals surface area contributed by atoms with Gasteiger partial charge in [-0.1, -0.05) is 17.7 Å². The van der Waals surface area contributed by atoms with Crippen LogP contribution in [0.1, 0.15) is 82.9 Å². The smallest absolute Gasteiger partial charge is 0.262 e. The Bertz CT molecular complexity index is 2240. The van der Waals surface area contributed by atoms with Gasteiger partial charge >= 0.3 is 0 Å². The van der Waals surface area contributed by atoms with E-state index in [0.29, 0.717) is 53.0 Å². The van der Waals surface area contributed by atoms with E-state index in [-0.39, 0.29) is 29.7 Å². The minimum absolute atomic E-state index is 0.0472. The number of nitrogens with zero attached hydrogens (tertiary/aromatic N) is 9. The number of aromatic nitrogens is 2. The van der Waals surface area contributed by atoms with Gasteiger partial charge in [-0.2, -0.15) is 0 Å².